The molecule has 0 amide bonds. The normalized spacial score (nSPS) is 10.6. The Morgan fingerprint density at radius 2 is 1.82 bits per heavy atom. The van der Waals surface area contributed by atoms with Crippen LogP contribution in [0.25, 0.3) is 11.3 Å². The fourth-order valence-corrected chi connectivity index (χ4v) is 2.29. The van der Waals surface area contributed by atoms with E-state index in [1.807, 2.05) is 24.3 Å². The highest BCUT2D eigenvalue weighted by Crippen LogP contribution is 2.16. The summed E-state index contributed by atoms with van der Waals surface area (Å²) in [6.45, 7) is 2.55. The molecule has 0 aliphatic heterocycles. The van der Waals surface area contributed by atoms with Crippen molar-refractivity contribution in [3.05, 3.63) is 82.4 Å². The second-order valence-corrected chi connectivity index (χ2v) is 5.13. The summed E-state index contributed by atoms with van der Waals surface area (Å²) in [5.41, 5.74) is 3.93. The van der Waals surface area contributed by atoms with Crippen molar-refractivity contribution in [1.29, 1.82) is 0 Å². The molecule has 0 atom stereocenters. The number of benzene rings is 1. The SMILES string of the molecule is CCc1ccc(-c2ccc(=O)n(Cc3cccnc3)n2)cc1. The summed E-state index contributed by atoms with van der Waals surface area (Å²) >= 11 is 0. The zero-order valence-electron chi connectivity index (χ0n) is 12.4. The molecule has 3 rings (SSSR count). The summed E-state index contributed by atoms with van der Waals surface area (Å²) in [5.74, 6) is 0. The first-order chi connectivity index (χ1) is 10.8. The van der Waals surface area contributed by atoms with Gasteiger partial charge in [0, 0.05) is 24.0 Å². The van der Waals surface area contributed by atoms with Crippen LogP contribution in [-0.4, -0.2) is 14.8 Å². The Morgan fingerprint density at radius 3 is 2.50 bits per heavy atom. The molecule has 0 aliphatic rings. The van der Waals surface area contributed by atoms with Crippen molar-refractivity contribution in [2.24, 2.45) is 0 Å². The minimum atomic E-state index is -0.113. The van der Waals surface area contributed by atoms with E-state index in [1.54, 1.807) is 24.5 Å². The van der Waals surface area contributed by atoms with Crippen LogP contribution >= 0.6 is 0 Å². The zero-order chi connectivity index (χ0) is 15.4. The molecule has 0 saturated heterocycles. The standard InChI is InChI=1S/C18H17N3O/c1-2-14-5-7-16(8-6-14)17-9-10-18(22)21(20-17)13-15-4-3-11-19-12-15/h3-12H,2,13H2,1H3. The van der Waals surface area contributed by atoms with Gasteiger partial charge in [-0.1, -0.05) is 37.3 Å². The van der Waals surface area contributed by atoms with Gasteiger partial charge < -0.3 is 0 Å². The van der Waals surface area contributed by atoms with Crippen LogP contribution in [0.2, 0.25) is 0 Å². The molecule has 2 heterocycles. The average Bonchev–Trinajstić information content (AvgIpc) is 2.58. The Bertz CT molecular complexity index is 808. The van der Waals surface area contributed by atoms with E-state index < -0.39 is 0 Å². The van der Waals surface area contributed by atoms with Crippen molar-refractivity contribution in [2.75, 3.05) is 0 Å². The highest BCUT2D eigenvalue weighted by Gasteiger charge is 2.04. The van der Waals surface area contributed by atoms with Crippen molar-refractivity contribution < 1.29 is 0 Å². The van der Waals surface area contributed by atoms with Crippen LogP contribution in [0.15, 0.2) is 65.7 Å². The summed E-state index contributed by atoms with van der Waals surface area (Å²) in [5, 5.41) is 4.47. The summed E-state index contributed by atoms with van der Waals surface area (Å²) in [7, 11) is 0. The third-order valence-electron chi connectivity index (χ3n) is 3.58. The Hall–Kier alpha value is -2.75. The maximum absolute atomic E-state index is 12.0. The molecule has 2 aromatic heterocycles. The monoisotopic (exact) mass is 291 g/mol. The molecule has 0 aliphatic carbocycles. The van der Waals surface area contributed by atoms with Gasteiger partial charge in [0.2, 0.25) is 0 Å². The number of hydrogen-bond donors (Lipinski definition) is 0. The van der Waals surface area contributed by atoms with Crippen molar-refractivity contribution in [1.82, 2.24) is 14.8 Å². The topological polar surface area (TPSA) is 47.8 Å². The largest absolute Gasteiger partial charge is 0.268 e. The predicted molar refractivity (Wildman–Crippen MR) is 86.7 cm³/mol. The molecule has 0 unspecified atom stereocenters. The summed E-state index contributed by atoms with van der Waals surface area (Å²) in [6.07, 6.45) is 4.47. The molecule has 0 bridgehead atoms. The Kier molecular flexibility index (Phi) is 4.10. The number of aromatic nitrogens is 3. The number of nitrogens with zero attached hydrogens (tertiary/aromatic N) is 3. The Labute approximate surface area is 129 Å². The molecule has 0 fully saturated rings. The lowest BCUT2D eigenvalue weighted by Gasteiger charge is -2.07. The van der Waals surface area contributed by atoms with Gasteiger partial charge >= 0.3 is 0 Å². The number of pyridine rings is 1. The quantitative estimate of drug-likeness (QED) is 0.742. The van der Waals surface area contributed by atoms with Crippen LogP contribution < -0.4 is 5.56 Å². The van der Waals surface area contributed by atoms with E-state index >= 15 is 0 Å². The van der Waals surface area contributed by atoms with Crippen LogP contribution in [0.1, 0.15) is 18.1 Å². The lowest BCUT2D eigenvalue weighted by Crippen LogP contribution is -2.22. The highest BCUT2D eigenvalue weighted by atomic mass is 16.1. The molecule has 1 aromatic carbocycles. The molecule has 110 valence electrons. The maximum Gasteiger partial charge on any atom is 0.267 e. The van der Waals surface area contributed by atoms with Gasteiger partial charge in [0.05, 0.1) is 12.2 Å². The molecule has 0 saturated carbocycles. The van der Waals surface area contributed by atoms with Crippen LogP contribution in [0, 0.1) is 0 Å². The minimum Gasteiger partial charge on any atom is -0.268 e. The summed E-state index contributed by atoms with van der Waals surface area (Å²) in [6, 6.07) is 15.4. The number of hydrogen-bond acceptors (Lipinski definition) is 3. The lowest BCUT2D eigenvalue weighted by molar-refractivity contribution is 0.641. The first-order valence-electron chi connectivity index (χ1n) is 7.32. The summed E-state index contributed by atoms with van der Waals surface area (Å²) in [4.78, 5) is 16.1. The van der Waals surface area contributed by atoms with Crippen LogP contribution in [0.4, 0.5) is 0 Å². The lowest BCUT2D eigenvalue weighted by atomic mass is 10.1. The third kappa shape index (κ3) is 3.11. The van der Waals surface area contributed by atoms with Gasteiger partial charge in [0.15, 0.2) is 0 Å². The van der Waals surface area contributed by atoms with Crippen LogP contribution in [0.5, 0.6) is 0 Å². The molecule has 0 N–H and O–H groups in total. The second kappa shape index (κ2) is 6.35. The van der Waals surface area contributed by atoms with Gasteiger partial charge in [-0.05, 0) is 29.7 Å². The smallest absolute Gasteiger partial charge is 0.267 e. The summed E-state index contributed by atoms with van der Waals surface area (Å²) < 4.78 is 1.47. The van der Waals surface area contributed by atoms with Gasteiger partial charge in [0.1, 0.15) is 0 Å². The van der Waals surface area contributed by atoms with Gasteiger partial charge in [-0.3, -0.25) is 9.78 Å². The van der Waals surface area contributed by atoms with Gasteiger partial charge in [-0.15, -0.1) is 0 Å². The maximum atomic E-state index is 12.0. The van der Waals surface area contributed by atoms with Crippen molar-refractivity contribution in [3.8, 4) is 11.3 Å². The average molecular weight is 291 g/mol. The van der Waals surface area contributed by atoms with Gasteiger partial charge in [-0.2, -0.15) is 5.10 Å². The first-order valence-corrected chi connectivity index (χ1v) is 7.32. The predicted octanol–water partition coefficient (Wildman–Crippen LogP) is 2.92. The van der Waals surface area contributed by atoms with E-state index in [-0.39, 0.29) is 5.56 Å². The fourth-order valence-electron chi connectivity index (χ4n) is 2.29. The van der Waals surface area contributed by atoms with E-state index in [4.69, 9.17) is 0 Å². The van der Waals surface area contributed by atoms with Gasteiger partial charge in [0.25, 0.3) is 5.56 Å². The molecule has 22 heavy (non-hydrogen) atoms. The Morgan fingerprint density at radius 1 is 1.00 bits per heavy atom. The van der Waals surface area contributed by atoms with E-state index in [0.717, 1.165) is 23.2 Å². The zero-order valence-corrected chi connectivity index (χ0v) is 12.4. The van der Waals surface area contributed by atoms with Crippen LogP contribution in [-0.2, 0) is 13.0 Å². The van der Waals surface area contributed by atoms with E-state index in [1.165, 1.54) is 10.2 Å². The molecule has 0 spiro atoms. The molecule has 4 nitrogen and oxygen atoms in total. The Balaban J connectivity index is 1.93. The molecule has 4 heteroatoms. The van der Waals surface area contributed by atoms with E-state index in [0.29, 0.717) is 6.54 Å². The highest BCUT2D eigenvalue weighted by molar-refractivity contribution is 5.58. The van der Waals surface area contributed by atoms with Crippen molar-refractivity contribution >= 4 is 0 Å². The number of aryl methyl sites for hydroxylation is 1. The van der Waals surface area contributed by atoms with Crippen molar-refractivity contribution in [3.63, 3.8) is 0 Å². The van der Waals surface area contributed by atoms with Crippen molar-refractivity contribution in [2.45, 2.75) is 19.9 Å². The molecular weight excluding hydrogens is 274 g/mol. The van der Waals surface area contributed by atoms with E-state index in [9.17, 15) is 4.79 Å². The molecule has 3 aromatic rings. The molecular formula is C18H17N3O. The van der Waals surface area contributed by atoms with E-state index in [2.05, 4.69) is 29.1 Å². The number of rotatable bonds is 4. The van der Waals surface area contributed by atoms with Gasteiger partial charge in [-0.25, -0.2) is 4.68 Å². The fraction of sp³-hybridized carbons (Fsp3) is 0.167. The minimum absolute atomic E-state index is 0.113. The molecule has 0 radical (unpaired) electrons. The van der Waals surface area contributed by atoms with Crippen LogP contribution in [0.3, 0.4) is 0 Å². The third-order valence-corrected chi connectivity index (χ3v) is 3.58. The first kappa shape index (κ1) is 14.2. The second-order valence-electron chi connectivity index (χ2n) is 5.13.